The van der Waals surface area contributed by atoms with Crippen molar-refractivity contribution in [3.8, 4) is 0 Å². The Bertz CT molecular complexity index is 667. The number of benzene rings is 1. The van der Waals surface area contributed by atoms with Gasteiger partial charge in [0.15, 0.2) is 5.96 Å². The SMILES string of the molecule is CCN=C(NC1CC1c1ccc(C(C)C)cc1)N1CCCC(CC(N)=O)C1. The molecule has 0 radical (unpaired) electrons. The highest BCUT2D eigenvalue weighted by atomic mass is 16.1. The molecule has 0 spiro atoms. The summed E-state index contributed by atoms with van der Waals surface area (Å²) in [5, 5.41) is 3.68. The average molecular weight is 371 g/mol. The minimum Gasteiger partial charge on any atom is -0.370 e. The van der Waals surface area contributed by atoms with Crippen LogP contribution in [0, 0.1) is 5.92 Å². The van der Waals surface area contributed by atoms with Gasteiger partial charge in [0.1, 0.15) is 0 Å². The number of guanidine groups is 1. The summed E-state index contributed by atoms with van der Waals surface area (Å²) in [4.78, 5) is 18.3. The van der Waals surface area contributed by atoms with Crippen LogP contribution >= 0.6 is 0 Å². The molecule has 148 valence electrons. The fourth-order valence-corrected chi connectivity index (χ4v) is 4.11. The molecule has 27 heavy (non-hydrogen) atoms. The standard InChI is InChI=1S/C22H34N4O/c1-4-24-22(26-11-5-6-16(14-26)12-21(23)27)25-20-13-19(20)18-9-7-17(8-10-18)15(2)3/h7-10,15-16,19-20H,4-6,11-14H2,1-3H3,(H2,23,27)(H,24,25). The number of nitrogens with one attached hydrogen (secondary N) is 1. The smallest absolute Gasteiger partial charge is 0.217 e. The summed E-state index contributed by atoms with van der Waals surface area (Å²) in [6, 6.07) is 9.53. The van der Waals surface area contributed by atoms with Gasteiger partial charge in [-0.1, -0.05) is 38.1 Å². The van der Waals surface area contributed by atoms with Gasteiger partial charge in [0.2, 0.25) is 5.91 Å². The Labute approximate surface area is 163 Å². The lowest BCUT2D eigenvalue weighted by atomic mass is 9.95. The van der Waals surface area contributed by atoms with E-state index in [1.807, 2.05) is 0 Å². The number of nitrogens with zero attached hydrogens (tertiary/aromatic N) is 2. The molecule has 3 rings (SSSR count). The van der Waals surface area contributed by atoms with Crippen LogP contribution in [0.4, 0.5) is 0 Å². The Hall–Kier alpha value is -2.04. The van der Waals surface area contributed by atoms with Crippen LogP contribution in [-0.2, 0) is 4.79 Å². The Kier molecular flexibility index (Phi) is 6.40. The lowest BCUT2D eigenvalue weighted by molar-refractivity contribution is -0.119. The van der Waals surface area contributed by atoms with Gasteiger partial charge in [-0.2, -0.15) is 0 Å². The molecule has 1 aliphatic carbocycles. The van der Waals surface area contributed by atoms with Gasteiger partial charge in [0.05, 0.1) is 0 Å². The van der Waals surface area contributed by atoms with Gasteiger partial charge in [-0.15, -0.1) is 0 Å². The largest absolute Gasteiger partial charge is 0.370 e. The summed E-state index contributed by atoms with van der Waals surface area (Å²) >= 11 is 0. The first-order valence-corrected chi connectivity index (χ1v) is 10.4. The number of carbonyl (C=O) groups excluding carboxylic acids is 1. The number of primary amides is 1. The maximum absolute atomic E-state index is 11.3. The summed E-state index contributed by atoms with van der Waals surface area (Å²) in [5.41, 5.74) is 8.21. The number of hydrogen-bond acceptors (Lipinski definition) is 2. The van der Waals surface area contributed by atoms with Gasteiger partial charge < -0.3 is 16.0 Å². The monoisotopic (exact) mass is 370 g/mol. The van der Waals surface area contributed by atoms with E-state index in [0.29, 0.717) is 30.2 Å². The number of hydrogen-bond donors (Lipinski definition) is 2. The molecular formula is C22H34N4O. The second kappa shape index (κ2) is 8.77. The van der Waals surface area contributed by atoms with Gasteiger partial charge in [0.25, 0.3) is 0 Å². The molecule has 1 heterocycles. The van der Waals surface area contributed by atoms with Crippen molar-refractivity contribution in [1.29, 1.82) is 0 Å². The lowest BCUT2D eigenvalue weighted by Gasteiger charge is -2.35. The maximum atomic E-state index is 11.3. The van der Waals surface area contributed by atoms with E-state index in [1.165, 1.54) is 11.1 Å². The van der Waals surface area contributed by atoms with Crippen molar-refractivity contribution in [2.45, 2.75) is 64.3 Å². The zero-order chi connectivity index (χ0) is 19.4. The molecule has 1 aromatic carbocycles. The summed E-state index contributed by atoms with van der Waals surface area (Å²) in [5.74, 6) is 2.29. The van der Waals surface area contributed by atoms with Crippen LogP contribution in [0.15, 0.2) is 29.3 Å². The van der Waals surface area contributed by atoms with Crippen molar-refractivity contribution < 1.29 is 4.79 Å². The molecular weight excluding hydrogens is 336 g/mol. The molecule has 1 saturated carbocycles. The van der Waals surface area contributed by atoms with Gasteiger partial charge >= 0.3 is 0 Å². The van der Waals surface area contributed by atoms with Gasteiger partial charge in [-0.3, -0.25) is 9.79 Å². The molecule has 0 aromatic heterocycles. The molecule has 1 aromatic rings. The minimum atomic E-state index is -0.198. The fraction of sp³-hybridized carbons (Fsp3) is 0.636. The second-order valence-electron chi connectivity index (χ2n) is 8.34. The first-order valence-electron chi connectivity index (χ1n) is 10.4. The van der Waals surface area contributed by atoms with Gasteiger partial charge in [0, 0.05) is 38.0 Å². The number of carbonyl (C=O) groups is 1. The third-order valence-electron chi connectivity index (χ3n) is 5.75. The number of likely N-dealkylation sites (tertiary alicyclic amines) is 1. The van der Waals surface area contributed by atoms with Gasteiger partial charge in [-0.05, 0) is 49.1 Å². The van der Waals surface area contributed by atoms with E-state index in [1.54, 1.807) is 0 Å². The van der Waals surface area contributed by atoms with Crippen LogP contribution in [0.25, 0.3) is 0 Å². The van der Waals surface area contributed by atoms with Crippen LogP contribution in [0.1, 0.15) is 69.4 Å². The Morgan fingerprint density at radius 2 is 2.07 bits per heavy atom. The molecule has 3 unspecified atom stereocenters. The number of nitrogens with two attached hydrogens (primary N) is 1. The summed E-state index contributed by atoms with van der Waals surface area (Å²) in [6.45, 7) is 9.17. The van der Waals surface area contributed by atoms with Crippen LogP contribution in [0.3, 0.4) is 0 Å². The Morgan fingerprint density at radius 3 is 2.70 bits per heavy atom. The number of piperidine rings is 1. The lowest BCUT2D eigenvalue weighted by Crippen LogP contribution is -2.48. The molecule has 2 aliphatic rings. The van der Waals surface area contributed by atoms with Crippen LogP contribution in [-0.4, -0.2) is 42.4 Å². The second-order valence-corrected chi connectivity index (χ2v) is 8.34. The molecule has 2 fully saturated rings. The van der Waals surface area contributed by atoms with E-state index in [-0.39, 0.29) is 5.91 Å². The Morgan fingerprint density at radius 1 is 1.33 bits per heavy atom. The zero-order valence-electron chi connectivity index (χ0n) is 16.9. The predicted molar refractivity (Wildman–Crippen MR) is 111 cm³/mol. The summed E-state index contributed by atoms with van der Waals surface area (Å²) < 4.78 is 0. The summed E-state index contributed by atoms with van der Waals surface area (Å²) in [7, 11) is 0. The molecule has 3 N–H and O–H groups in total. The number of amides is 1. The van der Waals surface area contributed by atoms with Crippen molar-refractivity contribution >= 4 is 11.9 Å². The number of rotatable bonds is 6. The van der Waals surface area contributed by atoms with Crippen molar-refractivity contribution in [1.82, 2.24) is 10.2 Å². The van der Waals surface area contributed by atoms with Crippen molar-refractivity contribution in [3.05, 3.63) is 35.4 Å². The van der Waals surface area contributed by atoms with Crippen molar-refractivity contribution in [2.75, 3.05) is 19.6 Å². The molecule has 5 heteroatoms. The van der Waals surface area contributed by atoms with E-state index in [0.717, 1.165) is 44.9 Å². The average Bonchev–Trinajstić information content (AvgIpc) is 3.40. The molecule has 0 bridgehead atoms. The first kappa shape index (κ1) is 19.7. The third-order valence-corrected chi connectivity index (χ3v) is 5.75. The van der Waals surface area contributed by atoms with E-state index in [9.17, 15) is 4.79 Å². The molecule has 3 atom stereocenters. The molecule has 1 amide bonds. The van der Waals surface area contributed by atoms with Crippen molar-refractivity contribution in [3.63, 3.8) is 0 Å². The first-order chi connectivity index (χ1) is 13.0. The number of aliphatic imine (C=N–C) groups is 1. The topological polar surface area (TPSA) is 70.7 Å². The predicted octanol–water partition coefficient (Wildman–Crippen LogP) is 3.22. The van der Waals surface area contributed by atoms with Crippen LogP contribution in [0.5, 0.6) is 0 Å². The molecule has 1 saturated heterocycles. The third kappa shape index (κ3) is 5.24. The van der Waals surface area contributed by atoms with Gasteiger partial charge in [-0.25, -0.2) is 0 Å². The van der Waals surface area contributed by atoms with E-state index in [2.05, 4.69) is 55.3 Å². The Balaban J connectivity index is 1.59. The van der Waals surface area contributed by atoms with E-state index >= 15 is 0 Å². The normalized spacial score (nSPS) is 25.6. The van der Waals surface area contributed by atoms with Crippen LogP contribution in [0.2, 0.25) is 0 Å². The highest BCUT2D eigenvalue weighted by molar-refractivity contribution is 5.81. The highest BCUT2D eigenvalue weighted by Gasteiger charge is 2.40. The minimum absolute atomic E-state index is 0.198. The van der Waals surface area contributed by atoms with E-state index in [4.69, 9.17) is 10.7 Å². The maximum Gasteiger partial charge on any atom is 0.217 e. The zero-order valence-corrected chi connectivity index (χ0v) is 16.9. The van der Waals surface area contributed by atoms with Crippen molar-refractivity contribution in [2.24, 2.45) is 16.6 Å². The summed E-state index contributed by atoms with van der Waals surface area (Å²) in [6.07, 6.45) is 3.80. The fourth-order valence-electron chi connectivity index (χ4n) is 4.11. The van der Waals surface area contributed by atoms with Crippen LogP contribution < -0.4 is 11.1 Å². The molecule has 5 nitrogen and oxygen atoms in total. The highest BCUT2D eigenvalue weighted by Crippen LogP contribution is 2.41. The molecule has 1 aliphatic heterocycles. The van der Waals surface area contributed by atoms with E-state index < -0.39 is 0 Å². The quantitative estimate of drug-likeness (QED) is 0.597.